The fourth-order valence-electron chi connectivity index (χ4n) is 1.70. The van der Waals surface area contributed by atoms with Crippen molar-refractivity contribution in [1.29, 1.82) is 0 Å². The normalized spacial score (nSPS) is 10.7. The van der Waals surface area contributed by atoms with Crippen LogP contribution in [0, 0.1) is 6.92 Å². The molecule has 1 rings (SSSR count). The molecule has 1 N–H and O–H groups in total. The van der Waals surface area contributed by atoms with Gasteiger partial charge in [0.1, 0.15) is 6.61 Å². The minimum Gasteiger partial charge on any atom is -0.372 e. The fourth-order valence-corrected chi connectivity index (χ4v) is 1.70. The van der Waals surface area contributed by atoms with Crippen molar-refractivity contribution in [2.75, 3.05) is 32.6 Å². The summed E-state index contributed by atoms with van der Waals surface area (Å²) in [4.78, 5) is 13.7. The zero-order valence-corrected chi connectivity index (χ0v) is 11.6. The van der Waals surface area contributed by atoms with E-state index in [-0.39, 0.29) is 12.5 Å². The van der Waals surface area contributed by atoms with Gasteiger partial charge in [-0.05, 0) is 39.6 Å². The number of carbonyl (C=O) groups excluding carboxylic acids is 1. The molecule has 0 atom stereocenters. The van der Waals surface area contributed by atoms with E-state index in [0.29, 0.717) is 6.61 Å². The van der Waals surface area contributed by atoms with Crippen molar-refractivity contribution < 1.29 is 9.53 Å². The maximum absolute atomic E-state index is 11.6. The summed E-state index contributed by atoms with van der Waals surface area (Å²) in [6.45, 7) is 5.37. The largest absolute Gasteiger partial charge is 0.372 e. The van der Waals surface area contributed by atoms with Crippen LogP contribution in [0.4, 0.5) is 5.69 Å². The minimum atomic E-state index is -0.110. The lowest BCUT2D eigenvalue weighted by Gasteiger charge is -2.15. The van der Waals surface area contributed by atoms with Crippen molar-refractivity contribution in [3.8, 4) is 0 Å². The monoisotopic (exact) mass is 250 g/mol. The minimum absolute atomic E-state index is 0.103. The summed E-state index contributed by atoms with van der Waals surface area (Å²) in [7, 11) is 4.02. The number of hydrogen-bond acceptors (Lipinski definition) is 3. The van der Waals surface area contributed by atoms with Crippen LogP contribution >= 0.6 is 0 Å². The Balaban J connectivity index is 2.77. The zero-order chi connectivity index (χ0) is 13.5. The van der Waals surface area contributed by atoms with E-state index in [1.807, 2.05) is 40.1 Å². The molecule has 0 saturated carbocycles. The first-order valence-electron chi connectivity index (χ1n) is 6.14. The van der Waals surface area contributed by atoms with Gasteiger partial charge in [0.15, 0.2) is 0 Å². The molecule has 1 aromatic carbocycles. The van der Waals surface area contributed by atoms with E-state index in [1.54, 1.807) is 0 Å². The Morgan fingerprint density at radius 1 is 1.39 bits per heavy atom. The second-order valence-electron chi connectivity index (χ2n) is 4.58. The molecular formula is C14H22N2O2. The number of amides is 1. The van der Waals surface area contributed by atoms with Gasteiger partial charge in [-0.25, -0.2) is 0 Å². The number of carbonyl (C=O) groups is 1. The lowest BCUT2D eigenvalue weighted by Crippen LogP contribution is -2.20. The third-order valence-corrected chi connectivity index (χ3v) is 2.46. The number of hydrogen-bond donors (Lipinski definition) is 1. The van der Waals surface area contributed by atoms with Crippen molar-refractivity contribution in [2.45, 2.75) is 20.4 Å². The van der Waals surface area contributed by atoms with E-state index in [4.69, 9.17) is 4.74 Å². The molecule has 0 unspecified atom stereocenters. The number of rotatable bonds is 6. The predicted molar refractivity (Wildman–Crippen MR) is 73.7 cm³/mol. The summed E-state index contributed by atoms with van der Waals surface area (Å²) < 4.78 is 5.09. The zero-order valence-electron chi connectivity index (χ0n) is 11.6. The summed E-state index contributed by atoms with van der Waals surface area (Å²) in [5.74, 6) is -0.110. The van der Waals surface area contributed by atoms with Gasteiger partial charge in [-0.15, -0.1) is 0 Å². The van der Waals surface area contributed by atoms with Gasteiger partial charge in [0.25, 0.3) is 0 Å². The molecule has 18 heavy (non-hydrogen) atoms. The van der Waals surface area contributed by atoms with Gasteiger partial charge in [0, 0.05) is 18.8 Å². The second kappa shape index (κ2) is 7.13. The van der Waals surface area contributed by atoms with Crippen molar-refractivity contribution in [3.05, 3.63) is 29.3 Å². The van der Waals surface area contributed by atoms with Crippen molar-refractivity contribution in [1.82, 2.24) is 4.90 Å². The number of ether oxygens (including phenoxy) is 1. The van der Waals surface area contributed by atoms with Crippen molar-refractivity contribution >= 4 is 11.6 Å². The molecule has 0 aromatic heterocycles. The Morgan fingerprint density at radius 2 is 2.11 bits per heavy atom. The fraction of sp³-hybridized carbons (Fsp3) is 0.500. The molecule has 0 aliphatic heterocycles. The summed E-state index contributed by atoms with van der Waals surface area (Å²) in [6, 6.07) is 6.03. The van der Waals surface area contributed by atoms with E-state index in [9.17, 15) is 4.79 Å². The molecule has 100 valence electrons. The van der Waals surface area contributed by atoms with Gasteiger partial charge < -0.3 is 15.0 Å². The van der Waals surface area contributed by atoms with Crippen LogP contribution in [0.15, 0.2) is 18.2 Å². The first-order chi connectivity index (χ1) is 8.52. The molecule has 0 aliphatic carbocycles. The molecule has 0 spiro atoms. The molecule has 4 nitrogen and oxygen atoms in total. The Morgan fingerprint density at radius 3 is 2.72 bits per heavy atom. The van der Waals surface area contributed by atoms with E-state index in [0.717, 1.165) is 17.8 Å². The van der Waals surface area contributed by atoms with Crippen LogP contribution in [0.1, 0.15) is 18.1 Å². The van der Waals surface area contributed by atoms with Gasteiger partial charge >= 0.3 is 0 Å². The summed E-state index contributed by atoms with van der Waals surface area (Å²) in [5.41, 5.74) is 3.17. The van der Waals surface area contributed by atoms with Gasteiger partial charge in [-0.3, -0.25) is 4.79 Å². The molecule has 0 bridgehead atoms. The van der Waals surface area contributed by atoms with Gasteiger partial charge in [-0.1, -0.05) is 17.7 Å². The van der Waals surface area contributed by atoms with Crippen molar-refractivity contribution in [3.63, 3.8) is 0 Å². The van der Waals surface area contributed by atoms with Crippen LogP contribution in [0.2, 0.25) is 0 Å². The average Bonchev–Trinajstić information content (AvgIpc) is 2.29. The van der Waals surface area contributed by atoms with E-state index < -0.39 is 0 Å². The molecule has 4 heteroatoms. The van der Waals surface area contributed by atoms with Crippen LogP contribution in [-0.2, 0) is 16.1 Å². The molecule has 1 amide bonds. The van der Waals surface area contributed by atoms with Crippen LogP contribution in [-0.4, -0.2) is 38.1 Å². The number of benzene rings is 1. The first-order valence-corrected chi connectivity index (χ1v) is 6.14. The third-order valence-electron chi connectivity index (χ3n) is 2.46. The standard InChI is InChI=1S/C14H22N2O2/c1-5-18-10-14(17)15-13-7-6-11(2)8-12(13)9-16(3)4/h6-8H,5,9-10H2,1-4H3,(H,15,17). The molecular weight excluding hydrogens is 228 g/mol. The summed E-state index contributed by atoms with van der Waals surface area (Å²) in [6.07, 6.45) is 0. The maximum atomic E-state index is 11.6. The Labute approximate surface area is 109 Å². The van der Waals surface area contributed by atoms with Crippen LogP contribution in [0.5, 0.6) is 0 Å². The van der Waals surface area contributed by atoms with Crippen LogP contribution in [0.3, 0.4) is 0 Å². The van der Waals surface area contributed by atoms with Gasteiger partial charge in [-0.2, -0.15) is 0 Å². The quantitative estimate of drug-likeness (QED) is 0.840. The third kappa shape index (κ3) is 4.85. The first kappa shape index (κ1) is 14.7. The van der Waals surface area contributed by atoms with E-state index >= 15 is 0 Å². The Hall–Kier alpha value is -1.39. The highest BCUT2D eigenvalue weighted by atomic mass is 16.5. The Kier molecular flexibility index (Phi) is 5.82. The Bertz CT molecular complexity index is 403. The van der Waals surface area contributed by atoms with E-state index in [1.165, 1.54) is 5.56 Å². The molecule has 0 radical (unpaired) electrons. The average molecular weight is 250 g/mol. The maximum Gasteiger partial charge on any atom is 0.250 e. The number of anilines is 1. The second-order valence-corrected chi connectivity index (χ2v) is 4.58. The molecule has 1 aromatic rings. The van der Waals surface area contributed by atoms with Crippen molar-refractivity contribution in [2.24, 2.45) is 0 Å². The highest BCUT2D eigenvalue weighted by Gasteiger charge is 2.08. The summed E-state index contributed by atoms with van der Waals surface area (Å²) >= 11 is 0. The van der Waals surface area contributed by atoms with Gasteiger partial charge in [0.05, 0.1) is 0 Å². The number of nitrogens with one attached hydrogen (secondary N) is 1. The van der Waals surface area contributed by atoms with E-state index in [2.05, 4.69) is 16.3 Å². The number of nitrogens with zero attached hydrogens (tertiary/aromatic N) is 1. The molecule has 0 fully saturated rings. The lowest BCUT2D eigenvalue weighted by atomic mass is 10.1. The lowest BCUT2D eigenvalue weighted by molar-refractivity contribution is -0.120. The topological polar surface area (TPSA) is 41.6 Å². The number of aryl methyl sites for hydroxylation is 1. The molecule has 0 saturated heterocycles. The highest BCUT2D eigenvalue weighted by molar-refractivity contribution is 5.92. The van der Waals surface area contributed by atoms with Crippen LogP contribution < -0.4 is 5.32 Å². The molecule has 0 heterocycles. The SMILES string of the molecule is CCOCC(=O)Nc1ccc(C)cc1CN(C)C. The predicted octanol–water partition coefficient (Wildman–Crippen LogP) is 2.03. The van der Waals surface area contributed by atoms with Gasteiger partial charge in [0.2, 0.25) is 5.91 Å². The molecule has 0 aliphatic rings. The highest BCUT2D eigenvalue weighted by Crippen LogP contribution is 2.18. The van der Waals surface area contributed by atoms with Crippen LogP contribution in [0.25, 0.3) is 0 Å². The smallest absolute Gasteiger partial charge is 0.250 e. The summed E-state index contributed by atoms with van der Waals surface area (Å²) in [5, 5.41) is 2.89.